The van der Waals surface area contributed by atoms with Crippen molar-refractivity contribution >= 4 is 127 Å². The van der Waals surface area contributed by atoms with Gasteiger partial charge in [-0.3, -0.25) is 24.0 Å². The van der Waals surface area contributed by atoms with E-state index < -0.39 is 11.6 Å². The average molecular weight is 2080 g/mol. The molecule has 10 aromatic heterocycles. The average Bonchev–Trinajstić information content (AvgIpc) is 1.61. The van der Waals surface area contributed by atoms with Gasteiger partial charge in [0, 0.05) is 122 Å². The van der Waals surface area contributed by atoms with E-state index in [0.717, 1.165) is 237 Å². The quantitative estimate of drug-likeness (QED) is 0.0325. The number of hydrogen-bond donors (Lipinski definition) is 4. The van der Waals surface area contributed by atoms with E-state index in [1.807, 2.05) is 103 Å². The molecule has 770 valence electrons. The molecule has 38 heteroatoms. The maximum Gasteiger partial charge on any atom is 0.335 e. The molecule has 144 heavy (non-hydrogen) atoms. The van der Waals surface area contributed by atoms with Crippen molar-refractivity contribution in [1.29, 1.82) is 0 Å². The SMILES string of the molecule is CCCNc1nc(-c2sc(C)nc2C)cc2c1C(=O)N([C@@H](C)C1CC1)C2.CCCNc1nc(-c2sc(C)nc2C)cc2c1C(=O)N([C@@H](C)C1CC1)C2.COC[C@@H]1CN(c2nc(-c3sc(C)nc3C)cc3c2C(=O)N([C@@H](C)C2CC2)C3)CCO1.Cc1nc(C)c(-c2cc3c(c(N4CCO[C@@H](CO)C4)n2)C(=O)N([C@@H](C)C2CC2)C3)s1.Cc1nc(C)c(-c2cc3c(c(NCCN(C)C)n2)C(=O)N([C@@H](C)C2CC2)C3)s1.O=S=O. The van der Waals surface area contributed by atoms with E-state index in [-0.39, 0.29) is 60.4 Å². The van der Waals surface area contributed by atoms with Crippen molar-refractivity contribution in [2.45, 2.75) is 270 Å². The minimum absolute atomic E-state index is 0.0229. The standard InChI is InChI=1S/C23H30N4O3S.C22H28N4O3S.C21H29N5OS.2C20H26N4OS.O2S/c1-13-21(31-15(3)24-13)19-9-17-10-27(14(2)16-5-6-16)23(28)20(17)22(25-19)26-7-8-30-18(11-26)12-29-4;1-12-20(30-14(3)23-12)18-8-16-9-26(13(2)15-4-5-15)22(28)19(16)21(24-18)25-6-7-29-17(10-25)11-27;1-12-19(28-14(3)23-12)17-10-16-11-26(13(2)15-6-7-15)21(27)18(16)20(24-17)22-8-9-25(4)5;2*1-5-8-21-19-17-15(10-24(20(17)25)12(3)14-6-7-14)9-16(23-19)18-11(2)22-13(4)26-18;1-3-2/h9,14,16,18H,5-8,10-12H2,1-4H3;8,13,15,17,27H,4-7,9-11H2,1-3H3;10,13,15H,6-9,11H2,1-5H3,(H,22,24);2*9,12,14H,5-8,10H2,1-4H3,(H,21,23);/t14-,18-;13-,17+;13-;2*12-;/m00000./s1. The number of pyridine rings is 5. The van der Waals surface area contributed by atoms with E-state index in [9.17, 15) is 29.1 Å². The van der Waals surface area contributed by atoms with Gasteiger partial charge in [-0.2, -0.15) is 8.42 Å². The number of aliphatic hydroxyl groups is 1. The number of amides is 5. The maximum absolute atomic E-state index is 13.6. The molecule has 5 aliphatic carbocycles. The van der Waals surface area contributed by atoms with Crippen molar-refractivity contribution < 1.29 is 51.7 Å². The molecule has 0 unspecified atom stereocenters. The number of nitrogens with zero attached hydrogens (tertiary/aromatic N) is 18. The third-order valence-corrected chi connectivity index (χ3v) is 35.1. The third-order valence-electron chi connectivity index (χ3n) is 29.6. The molecular weight excluding hydrogens is 1940 g/mol. The number of carbonyl (C=O) groups excluding carboxylic acids is 5. The molecule has 0 spiro atoms. The van der Waals surface area contributed by atoms with Crippen LogP contribution < -0.4 is 25.8 Å². The lowest BCUT2D eigenvalue weighted by atomic mass is 10.1. The first-order valence-electron chi connectivity index (χ1n) is 51.2. The zero-order valence-electron chi connectivity index (χ0n) is 86.9. The second-order valence-corrected chi connectivity index (χ2v) is 47.0. The van der Waals surface area contributed by atoms with Gasteiger partial charge in [-0.15, -0.1) is 56.7 Å². The van der Waals surface area contributed by atoms with Crippen LogP contribution in [-0.2, 0) is 58.5 Å². The molecule has 5 amide bonds. The van der Waals surface area contributed by atoms with Gasteiger partial charge in [-0.25, -0.2) is 49.8 Å². The van der Waals surface area contributed by atoms with Crippen LogP contribution in [0.1, 0.15) is 259 Å². The highest BCUT2D eigenvalue weighted by Crippen LogP contribution is 2.50. The van der Waals surface area contributed by atoms with E-state index in [1.54, 1.807) is 63.8 Å². The second-order valence-electron chi connectivity index (χ2n) is 40.9. The largest absolute Gasteiger partial charge is 0.394 e. The number of aromatic nitrogens is 10. The Labute approximate surface area is 869 Å². The van der Waals surface area contributed by atoms with Crippen molar-refractivity contribution in [3.8, 4) is 52.9 Å². The number of rotatable bonds is 30. The van der Waals surface area contributed by atoms with Crippen molar-refractivity contribution in [1.82, 2.24) is 79.2 Å². The first-order chi connectivity index (χ1) is 69.2. The van der Waals surface area contributed by atoms with Gasteiger partial charge in [0.2, 0.25) is 0 Å². The fraction of sp³-hybridized carbons (Fsp3) is 0.575. The van der Waals surface area contributed by atoms with Gasteiger partial charge in [0.1, 0.15) is 29.1 Å². The summed E-state index contributed by atoms with van der Waals surface area (Å²) in [6.45, 7) is 46.2. The fourth-order valence-electron chi connectivity index (χ4n) is 20.9. The Hall–Kier alpha value is -10.1. The Bertz CT molecular complexity index is 6320. The highest BCUT2D eigenvalue weighted by molar-refractivity contribution is 7.51. The summed E-state index contributed by atoms with van der Waals surface area (Å²) >= 11 is 7.56. The summed E-state index contributed by atoms with van der Waals surface area (Å²) in [7, 11) is 5.78. The Morgan fingerprint density at radius 2 is 0.646 bits per heavy atom. The minimum Gasteiger partial charge on any atom is -0.394 e. The van der Waals surface area contributed by atoms with Crippen LogP contribution in [0.3, 0.4) is 0 Å². The summed E-state index contributed by atoms with van der Waals surface area (Å²) in [5, 5.41) is 25.0. The van der Waals surface area contributed by atoms with Gasteiger partial charge in [0.25, 0.3) is 29.5 Å². The number of thiazole rings is 5. The second kappa shape index (κ2) is 45.3. The number of aliphatic hydroxyl groups excluding tert-OH is 1. The molecule has 7 fully saturated rings. The van der Waals surface area contributed by atoms with Gasteiger partial charge in [-0.05, 0) is 283 Å². The normalized spacial score (nSPS) is 19.3. The molecule has 0 aromatic carbocycles. The highest BCUT2D eigenvalue weighted by Gasteiger charge is 2.48. The molecule has 12 aliphatic rings. The summed E-state index contributed by atoms with van der Waals surface area (Å²) in [4.78, 5) is 136. The monoisotopic (exact) mass is 2070 g/mol. The topological polar surface area (TPSA) is 358 Å². The van der Waals surface area contributed by atoms with Gasteiger partial charge in [0.15, 0.2) is 0 Å². The molecule has 4 N–H and O–H groups in total. The Balaban J connectivity index is 0.000000123. The van der Waals surface area contributed by atoms with Gasteiger partial charge in [0.05, 0.1) is 173 Å². The van der Waals surface area contributed by atoms with Crippen LogP contribution in [0.4, 0.5) is 29.1 Å². The predicted octanol–water partition coefficient (Wildman–Crippen LogP) is 17.9. The highest BCUT2D eigenvalue weighted by atomic mass is 32.1. The van der Waals surface area contributed by atoms with E-state index in [2.05, 4.69) is 139 Å². The summed E-state index contributed by atoms with van der Waals surface area (Å²) in [6, 6.07) is 11.9. The van der Waals surface area contributed by atoms with Gasteiger partial charge >= 0.3 is 11.6 Å². The van der Waals surface area contributed by atoms with Crippen molar-refractivity contribution in [2.75, 3.05) is 126 Å². The number of fused-ring (bicyclic) bond motifs is 5. The van der Waals surface area contributed by atoms with E-state index in [4.69, 9.17) is 47.5 Å². The molecule has 2 saturated heterocycles. The van der Waals surface area contributed by atoms with Crippen LogP contribution in [-0.4, -0.2) is 265 Å². The Kier molecular flexibility index (Phi) is 33.1. The van der Waals surface area contributed by atoms with Crippen LogP contribution in [0.5, 0.6) is 0 Å². The minimum atomic E-state index is -0.750. The zero-order chi connectivity index (χ0) is 102. The number of likely N-dealkylation sites (N-methyl/N-ethyl adjacent to an activating group) is 1. The van der Waals surface area contributed by atoms with Crippen molar-refractivity contribution in [3.63, 3.8) is 0 Å². The van der Waals surface area contributed by atoms with Crippen LogP contribution in [0.2, 0.25) is 0 Å². The lowest BCUT2D eigenvalue weighted by Gasteiger charge is -2.34. The smallest absolute Gasteiger partial charge is 0.335 e. The Morgan fingerprint density at radius 1 is 0.396 bits per heavy atom. The molecule has 22 rings (SSSR count). The number of methoxy groups -OCH3 is 1. The summed E-state index contributed by atoms with van der Waals surface area (Å²) in [5.41, 5.74) is 18.8. The lowest BCUT2D eigenvalue weighted by molar-refractivity contribution is -0.0102. The molecule has 32 nitrogen and oxygen atoms in total. The predicted molar refractivity (Wildman–Crippen MR) is 571 cm³/mol. The number of anilines is 5. The number of hydrogen-bond acceptors (Lipinski definition) is 32. The molecule has 10 aromatic rings. The first-order valence-corrected chi connectivity index (χ1v) is 56.0. The number of carbonyl (C=O) groups is 5. The van der Waals surface area contributed by atoms with Crippen molar-refractivity contribution in [2.24, 2.45) is 29.6 Å². The molecule has 7 aliphatic heterocycles. The molecule has 0 bridgehead atoms. The van der Waals surface area contributed by atoms with Crippen LogP contribution in [0, 0.1) is 98.8 Å². The Morgan fingerprint density at radius 3 is 0.889 bits per heavy atom. The van der Waals surface area contributed by atoms with Crippen LogP contribution in [0.25, 0.3) is 52.9 Å². The summed E-state index contributed by atoms with van der Waals surface area (Å²) in [5.74, 6) is 7.54. The molecule has 5 saturated carbocycles. The fourth-order valence-corrected chi connectivity index (χ4v) is 25.3. The molecule has 0 radical (unpaired) electrons. The van der Waals surface area contributed by atoms with E-state index >= 15 is 0 Å². The van der Waals surface area contributed by atoms with Gasteiger partial charge < -0.3 is 74.5 Å². The van der Waals surface area contributed by atoms with Crippen LogP contribution >= 0.6 is 56.7 Å². The maximum atomic E-state index is 13.6. The van der Waals surface area contributed by atoms with Crippen LogP contribution in [0.15, 0.2) is 30.3 Å². The molecule has 17 heterocycles. The summed E-state index contributed by atoms with van der Waals surface area (Å²) in [6.07, 6.45) is 14.0. The number of aryl methyl sites for hydroxylation is 10. The summed E-state index contributed by atoms with van der Waals surface area (Å²) < 4.78 is 33.4. The van der Waals surface area contributed by atoms with E-state index in [1.165, 1.54) is 64.2 Å². The zero-order valence-corrected chi connectivity index (χ0v) is 91.7. The number of morpholine rings is 2. The van der Waals surface area contributed by atoms with E-state index in [0.29, 0.717) is 120 Å². The first kappa shape index (κ1) is 105. The molecule has 7 atom stereocenters. The van der Waals surface area contributed by atoms with Gasteiger partial charge in [-0.1, -0.05) is 13.8 Å². The number of nitrogens with one attached hydrogen (secondary N) is 3. The number of ether oxygens (including phenoxy) is 3. The van der Waals surface area contributed by atoms with Crippen molar-refractivity contribution in [3.05, 3.63) is 139 Å². The lowest BCUT2D eigenvalue weighted by Crippen LogP contribution is -2.45. The third kappa shape index (κ3) is 23.2. The molecular formula is C106H139N21O11S6.